The molecule has 5 nitrogen and oxygen atoms in total. The number of aromatic nitrogens is 4. The van der Waals surface area contributed by atoms with Gasteiger partial charge in [0.1, 0.15) is 11.2 Å². The van der Waals surface area contributed by atoms with Crippen molar-refractivity contribution < 1.29 is 4.42 Å². The summed E-state index contributed by atoms with van der Waals surface area (Å²) < 4.78 is 8.55. The van der Waals surface area contributed by atoms with Gasteiger partial charge in [-0.05, 0) is 70.1 Å². The Morgan fingerprint density at radius 2 is 1.02 bits per heavy atom. The minimum atomic E-state index is 0.600. The highest BCUT2D eigenvalue weighted by Gasteiger charge is 2.21. The summed E-state index contributed by atoms with van der Waals surface area (Å²) >= 11 is 0. The SMILES string of the molecule is c1ccc(-c2nc(-c3ccc4oc5ccccc5c4c3)nc(-c3cc4ccccc4cc3-n3c4ccccc4c4c5ccccc5ccc43)n2)cc1. The molecule has 0 saturated heterocycles. The molecule has 52 heavy (non-hydrogen) atoms. The van der Waals surface area contributed by atoms with E-state index in [1.165, 1.54) is 21.5 Å². The second kappa shape index (κ2) is 11.2. The van der Waals surface area contributed by atoms with Crippen molar-refractivity contribution in [3.8, 4) is 39.9 Å². The van der Waals surface area contributed by atoms with E-state index < -0.39 is 0 Å². The molecule has 0 aliphatic carbocycles. The maximum Gasteiger partial charge on any atom is 0.166 e. The Morgan fingerprint density at radius 3 is 1.87 bits per heavy atom. The lowest BCUT2D eigenvalue weighted by Crippen LogP contribution is -2.04. The van der Waals surface area contributed by atoms with Gasteiger partial charge < -0.3 is 8.98 Å². The van der Waals surface area contributed by atoms with Crippen molar-refractivity contribution in [1.29, 1.82) is 0 Å². The number of rotatable bonds is 4. The van der Waals surface area contributed by atoms with Crippen LogP contribution in [0.25, 0.3) is 105 Å². The van der Waals surface area contributed by atoms with Gasteiger partial charge in [0.15, 0.2) is 17.5 Å². The fraction of sp³-hybridized carbons (Fsp3) is 0. The van der Waals surface area contributed by atoms with Crippen molar-refractivity contribution >= 4 is 65.3 Å². The summed E-state index contributed by atoms with van der Waals surface area (Å²) in [6.07, 6.45) is 0. The number of fused-ring (bicyclic) bond motifs is 9. The number of para-hydroxylation sites is 2. The monoisotopic (exact) mass is 664 g/mol. The van der Waals surface area contributed by atoms with Crippen LogP contribution in [-0.4, -0.2) is 19.5 Å². The second-order valence-corrected chi connectivity index (χ2v) is 13.2. The van der Waals surface area contributed by atoms with Crippen LogP contribution in [0, 0.1) is 0 Å². The zero-order chi connectivity index (χ0) is 34.2. The Labute approximate surface area is 298 Å². The van der Waals surface area contributed by atoms with Gasteiger partial charge in [0.05, 0.1) is 16.7 Å². The van der Waals surface area contributed by atoms with E-state index in [9.17, 15) is 0 Å². The van der Waals surface area contributed by atoms with Crippen LogP contribution < -0.4 is 0 Å². The zero-order valence-corrected chi connectivity index (χ0v) is 27.9. The molecule has 11 aromatic rings. The largest absolute Gasteiger partial charge is 0.456 e. The van der Waals surface area contributed by atoms with Crippen molar-refractivity contribution in [3.63, 3.8) is 0 Å². The van der Waals surface area contributed by atoms with Gasteiger partial charge in [0, 0.05) is 38.2 Å². The molecule has 0 aliphatic heterocycles. The molecule has 5 heteroatoms. The van der Waals surface area contributed by atoms with E-state index in [2.05, 4.69) is 126 Å². The smallest absolute Gasteiger partial charge is 0.166 e. The van der Waals surface area contributed by atoms with Crippen LogP contribution in [0.2, 0.25) is 0 Å². The van der Waals surface area contributed by atoms with Gasteiger partial charge in [0.25, 0.3) is 0 Å². The Hall–Kier alpha value is -7.11. The highest BCUT2D eigenvalue weighted by molar-refractivity contribution is 6.21. The predicted octanol–water partition coefficient (Wildman–Crippen LogP) is 12.2. The molecule has 0 radical (unpaired) electrons. The number of benzene rings is 8. The predicted molar refractivity (Wildman–Crippen MR) is 213 cm³/mol. The Bertz CT molecular complexity index is 3190. The van der Waals surface area contributed by atoms with Crippen LogP contribution in [-0.2, 0) is 0 Å². The zero-order valence-electron chi connectivity index (χ0n) is 27.9. The number of hydrogen-bond acceptors (Lipinski definition) is 4. The van der Waals surface area contributed by atoms with Crippen LogP contribution in [0.5, 0.6) is 0 Å². The highest BCUT2D eigenvalue weighted by Crippen LogP contribution is 2.41. The first-order valence-corrected chi connectivity index (χ1v) is 17.4. The van der Waals surface area contributed by atoms with Crippen LogP contribution >= 0.6 is 0 Å². The summed E-state index contributed by atoms with van der Waals surface area (Å²) in [6.45, 7) is 0. The van der Waals surface area contributed by atoms with E-state index in [-0.39, 0.29) is 0 Å². The van der Waals surface area contributed by atoms with Gasteiger partial charge >= 0.3 is 0 Å². The molecule has 3 heterocycles. The quantitative estimate of drug-likeness (QED) is 0.188. The average Bonchev–Trinajstić information content (AvgIpc) is 3.76. The third-order valence-electron chi connectivity index (χ3n) is 10.2. The molecule has 0 atom stereocenters. The van der Waals surface area contributed by atoms with E-state index >= 15 is 0 Å². The maximum atomic E-state index is 6.17. The highest BCUT2D eigenvalue weighted by atomic mass is 16.3. The van der Waals surface area contributed by atoms with Crippen LogP contribution in [0.4, 0.5) is 0 Å². The number of nitrogens with zero attached hydrogens (tertiary/aromatic N) is 4. The van der Waals surface area contributed by atoms with Gasteiger partial charge in [-0.1, -0.05) is 121 Å². The molecule has 0 aliphatic rings. The lowest BCUT2D eigenvalue weighted by atomic mass is 10.0. The fourth-order valence-corrected chi connectivity index (χ4v) is 7.80. The van der Waals surface area contributed by atoms with E-state index in [0.717, 1.165) is 66.1 Å². The van der Waals surface area contributed by atoms with Crippen molar-refractivity contribution in [2.45, 2.75) is 0 Å². The Morgan fingerprint density at radius 1 is 0.385 bits per heavy atom. The molecule has 11 rings (SSSR count). The number of hydrogen-bond donors (Lipinski definition) is 0. The molecule has 8 aromatic carbocycles. The molecule has 0 N–H and O–H groups in total. The summed E-state index contributed by atoms with van der Waals surface area (Å²) in [4.78, 5) is 15.6. The van der Waals surface area contributed by atoms with Gasteiger partial charge in [-0.2, -0.15) is 0 Å². The summed E-state index contributed by atoms with van der Waals surface area (Å²) in [5.74, 6) is 1.82. The summed E-state index contributed by atoms with van der Waals surface area (Å²) in [7, 11) is 0. The molecule has 3 aromatic heterocycles. The Balaban J connectivity index is 1.23. The first kappa shape index (κ1) is 28.7. The summed E-state index contributed by atoms with van der Waals surface area (Å²) in [5.41, 5.74) is 7.69. The molecule has 0 bridgehead atoms. The van der Waals surface area contributed by atoms with Gasteiger partial charge in [-0.25, -0.2) is 15.0 Å². The van der Waals surface area contributed by atoms with Crippen molar-refractivity contribution in [3.05, 3.63) is 170 Å². The van der Waals surface area contributed by atoms with E-state index in [0.29, 0.717) is 17.5 Å². The van der Waals surface area contributed by atoms with Crippen molar-refractivity contribution in [2.75, 3.05) is 0 Å². The first-order valence-electron chi connectivity index (χ1n) is 17.4. The number of furan rings is 1. The molecule has 242 valence electrons. The molecule has 0 unspecified atom stereocenters. The van der Waals surface area contributed by atoms with Crippen LogP contribution in [0.1, 0.15) is 0 Å². The molecule has 0 spiro atoms. The topological polar surface area (TPSA) is 56.7 Å². The van der Waals surface area contributed by atoms with E-state index in [1.54, 1.807) is 0 Å². The summed E-state index contributed by atoms with van der Waals surface area (Å²) in [5, 5.41) is 9.23. The first-order chi connectivity index (χ1) is 25.8. The third-order valence-corrected chi connectivity index (χ3v) is 10.2. The molecular formula is C47H28N4O. The van der Waals surface area contributed by atoms with Crippen LogP contribution in [0.15, 0.2) is 174 Å². The molecule has 0 amide bonds. The standard InChI is InChI=1S/C47H28N4O/c1-2-13-30(14-3-1)45-48-46(33-23-25-43-37(27-33)35-18-9-11-21-42(35)52-43)50-47(49-45)38-26-31-15-4-5-16-32(31)28-41(38)51-39-20-10-8-19-36(39)44-34-17-7-6-12-29(34)22-24-40(44)51/h1-28H. The minimum Gasteiger partial charge on any atom is -0.456 e. The summed E-state index contributed by atoms with van der Waals surface area (Å²) in [6, 6.07) is 59.2. The van der Waals surface area contributed by atoms with Crippen molar-refractivity contribution in [1.82, 2.24) is 19.5 Å². The maximum absolute atomic E-state index is 6.17. The Kier molecular flexibility index (Phi) is 6.18. The molecular weight excluding hydrogens is 637 g/mol. The average molecular weight is 665 g/mol. The minimum absolute atomic E-state index is 0.600. The van der Waals surface area contributed by atoms with Crippen LogP contribution in [0.3, 0.4) is 0 Å². The van der Waals surface area contributed by atoms with Gasteiger partial charge in [-0.3, -0.25) is 0 Å². The lowest BCUT2D eigenvalue weighted by Gasteiger charge is -2.16. The normalized spacial score (nSPS) is 11.8. The molecule has 0 saturated carbocycles. The fourth-order valence-electron chi connectivity index (χ4n) is 7.80. The van der Waals surface area contributed by atoms with E-state index in [4.69, 9.17) is 19.4 Å². The van der Waals surface area contributed by atoms with E-state index in [1.807, 2.05) is 48.5 Å². The lowest BCUT2D eigenvalue weighted by molar-refractivity contribution is 0.669. The second-order valence-electron chi connectivity index (χ2n) is 13.2. The van der Waals surface area contributed by atoms with Crippen molar-refractivity contribution in [2.24, 2.45) is 0 Å². The molecule has 0 fully saturated rings. The third kappa shape index (κ3) is 4.39. The van der Waals surface area contributed by atoms with Gasteiger partial charge in [0.2, 0.25) is 0 Å². The van der Waals surface area contributed by atoms with Gasteiger partial charge in [-0.15, -0.1) is 0 Å².